The van der Waals surface area contributed by atoms with Crippen LogP contribution in [0.4, 0.5) is 5.82 Å². The van der Waals surface area contributed by atoms with Gasteiger partial charge in [0.25, 0.3) is 0 Å². The number of benzene rings is 1. The summed E-state index contributed by atoms with van der Waals surface area (Å²) < 4.78 is 1.58. The second kappa shape index (κ2) is 3.30. The van der Waals surface area contributed by atoms with Crippen LogP contribution >= 0.6 is 0 Å². The van der Waals surface area contributed by atoms with Crippen molar-refractivity contribution in [1.82, 2.24) is 19.8 Å². The van der Waals surface area contributed by atoms with Crippen LogP contribution in [0.2, 0.25) is 0 Å². The molecule has 0 saturated heterocycles. The van der Waals surface area contributed by atoms with Crippen molar-refractivity contribution in [2.45, 2.75) is 0 Å². The highest BCUT2D eigenvalue weighted by atomic mass is 15.3. The van der Waals surface area contributed by atoms with E-state index in [1.165, 1.54) is 0 Å². The molecule has 0 bridgehead atoms. The van der Waals surface area contributed by atoms with Gasteiger partial charge in [-0.1, -0.05) is 30.3 Å². The topological polar surface area (TPSA) is 69.1 Å². The maximum absolute atomic E-state index is 5.99. The molecule has 0 spiro atoms. The highest BCUT2D eigenvalue weighted by molar-refractivity contribution is 5.70. The number of nitrogen functional groups attached to an aromatic ring is 1. The zero-order valence-corrected chi connectivity index (χ0v) is 8.41. The maximum atomic E-state index is 5.99. The first-order valence-electron chi connectivity index (χ1n) is 4.87. The molecule has 16 heavy (non-hydrogen) atoms. The van der Waals surface area contributed by atoms with Crippen LogP contribution in [0, 0.1) is 0 Å². The lowest BCUT2D eigenvalue weighted by Gasteiger charge is -2.04. The molecule has 3 aromatic rings. The molecule has 0 saturated carbocycles. The van der Waals surface area contributed by atoms with Gasteiger partial charge in [-0.25, -0.2) is 0 Å². The summed E-state index contributed by atoms with van der Waals surface area (Å²) in [4.78, 5) is 0. The van der Waals surface area contributed by atoms with E-state index in [0.717, 1.165) is 5.56 Å². The molecule has 5 heteroatoms. The van der Waals surface area contributed by atoms with Crippen molar-refractivity contribution < 1.29 is 0 Å². The van der Waals surface area contributed by atoms with Crippen molar-refractivity contribution in [2.75, 3.05) is 5.73 Å². The van der Waals surface area contributed by atoms with Gasteiger partial charge in [0, 0.05) is 11.6 Å². The fourth-order valence-corrected chi connectivity index (χ4v) is 1.61. The average Bonchev–Trinajstić information content (AvgIpc) is 2.80. The molecule has 0 fully saturated rings. The predicted octanol–water partition coefficient (Wildman–Crippen LogP) is 1.37. The number of rotatable bonds is 1. The highest BCUT2D eigenvalue weighted by Gasteiger charge is 2.09. The van der Waals surface area contributed by atoms with Gasteiger partial charge in [0.2, 0.25) is 0 Å². The largest absolute Gasteiger partial charge is 0.382 e. The summed E-state index contributed by atoms with van der Waals surface area (Å²) in [5.74, 6) is 0.501. The lowest BCUT2D eigenvalue weighted by Crippen LogP contribution is -2.05. The average molecular weight is 211 g/mol. The fraction of sp³-hybridized carbons (Fsp3) is 0. The molecule has 2 aromatic heterocycles. The maximum Gasteiger partial charge on any atom is 0.179 e. The van der Waals surface area contributed by atoms with Crippen LogP contribution in [0.1, 0.15) is 0 Å². The molecular weight excluding hydrogens is 202 g/mol. The Hall–Kier alpha value is -2.43. The Morgan fingerprint density at radius 1 is 1.00 bits per heavy atom. The molecule has 3 rings (SSSR count). The number of aromatic nitrogens is 4. The van der Waals surface area contributed by atoms with Gasteiger partial charge in [0.05, 0.1) is 6.20 Å². The van der Waals surface area contributed by atoms with Gasteiger partial charge < -0.3 is 5.73 Å². The molecule has 2 heterocycles. The summed E-state index contributed by atoms with van der Waals surface area (Å²) in [6, 6.07) is 11.5. The SMILES string of the molecule is Nc1c(-c2ccccc2)nnc2ccnn12. The minimum absolute atomic E-state index is 0.501. The first kappa shape index (κ1) is 8.84. The molecule has 78 valence electrons. The molecular formula is C11H9N5. The van der Waals surface area contributed by atoms with Gasteiger partial charge in [-0.3, -0.25) is 0 Å². The summed E-state index contributed by atoms with van der Waals surface area (Å²) in [5.41, 5.74) is 8.23. The van der Waals surface area contributed by atoms with E-state index < -0.39 is 0 Å². The normalized spacial score (nSPS) is 10.8. The van der Waals surface area contributed by atoms with E-state index in [9.17, 15) is 0 Å². The highest BCUT2D eigenvalue weighted by Crippen LogP contribution is 2.22. The Bertz CT molecular complexity index is 629. The first-order chi connectivity index (χ1) is 7.86. The molecule has 5 nitrogen and oxygen atoms in total. The quantitative estimate of drug-likeness (QED) is 0.660. The van der Waals surface area contributed by atoms with Gasteiger partial charge in [0.15, 0.2) is 11.5 Å². The molecule has 0 amide bonds. The zero-order valence-electron chi connectivity index (χ0n) is 8.41. The lowest BCUT2D eigenvalue weighted by molar-refractivity contribution is 0.906. The number of fused-ring (bicyclic) bond motifs is 1. The van der Waals surface area contributed by atoms with Crippen LogP contribution in [0.15, 0.2) is 42.6 Å². The van der Waals surface area contributed by atoms with Crippen molar-refractivity contribution in [3.8, 4) is 11.3 Å². The third-order valence-corrected chi connectivity index (χ3v) is 2.39. The molecule has 1 aromatic carbocycles. The van der Waals surface area contributed by atoms with Gasteiger partial charge in [-0.2, -0.15) is 9.61 Å². The summed E-state index contributed by atoms with van der Waals surface area (Å²) in [7, 11) is 0. The van der Waals surface area contributed by atoms with E-state index in [0.29, 0.717) is 17.2 Å². The van der Waals surface area contributed by atoms with Crippen LogP contribution in [-0.2, 0) is 0 Å². The second-order valence-corrected chi connectivity index (χ2v) is 3.40. The van der Waals surface area contributed by atoms with Crippen LogP contribution in [0.3, 0.4) is 0 Å². The van der Waals surface area contributed by atoms with E-state index >= 15 is 0 Å². The standard InChI is InChI=1S/C11H9N5/c12-11-10(8-4-2-1-3-5-8)15-14-9-6-7-13-16(9)11/h1-7H,12H2. The summed E-state index contributed by atoms with van der Waals surface area (Å²) >= 11 is 0. The zero-order chi connectivity index (χ0) is 11.0. The Balaban J connectivity index is 2.28. The molecule has 0 radical (unpaired) electrons. The van der Waals surface area contributed by atoms with Crippen LogP contribution in [-0.4, -0.2) is 19.8 Å². The Kier molecular flexibility index (Phi) is 1.83. The Morgan fingerprint density at radius 3 is 2.62 bits per heavy atom. The molecule has 0 aliphatic rings. The number of nitrogens with zero attached hydrogens (tertiary/aromatic N) is 4. The summed E-state index contributed by atoms with van der Waals surface area (Å²) in [5, 5.41) is 12.3. The van der Waals surface area contributed by atoms with Crippen molar-refractivity contribution in [3.63, 3.8) is 0 Å². The van der Waals surface area contributed by atoms with E-state index in [-0.39, 0.29) is 0 Å². The third kappa shape index (κ3) is 1.22. The van der Waals surface area contributed by atoms with Gasteiger partial charge in [0.1, 0.15) is 5.69 Å². The number of anilines is 1. The van der Waals surface area contributed by atoms with Crippen LogP contribution in [0.25, 0.3) is 16.9 Å². The van der Waals surface area contributed by atoms with E-state index in [1.54, 1.807) is 16.8 Å². The summed E-state index contributed by atoms with van der Waals surface area (Å²) in [6.45, 7) is 0. The van der Waals surface area contributed by atoms with Crippen LogP contribution < -0.4 is 5.73 Å². The van der Waals surface area contributed by atoms with E-state index in [4.69, 9.17) is 5.73 Å². The Labute approximate surface area is 91.5 Å². The molecule has 0 atom stereocenters. The monoisotopic (exact) mass is 211 g/mol. The van der Waals surface area contributed by atoms with Gasteiger partial charge in [-0.05, 0) is 0 Å². The molecule has 2 N–H and O–H groups in total. The van der Waals surface area contributed by atoms with E-state index in [1.807, 2.05) is 30.3 Å². The van der Waals surface area contributed by atoms with Crippen molar-refractivity contribution in [2.24, 2.45) is 0 Å². The Morgan fingerprint density at radius 2 is 1.81 bits per heavy atom. The van der Waals surface area contributed by atoms with Crippen molar-refractivity contribution in [1.29, 1.82) is 0 Å². The molecule has 0 aliphatic heterocycles. The minimum Gasteiger partial charge on any atom is -0.382 e. The van der Waals surface area contributed by atoms with Crippen molar-refractivity contribution >= 4 is 11.5 Å². The predicted molar refractivity (Wildman–Crippen MR) is 60.6 cm³/mol. The second-order valence-electron chi connectivity index (χ2n) is 3.40. The van der Waals surface area contributed by atoms with Gasteiger partial charge in [-0.15, -0.1) is 10.2 Å². The first-order valence-corrected chi connectivity index (χ1v) is 4.87. The van der Waals surface area contributed by atoms with Crippen LogP contribution in [0.5, 0.6) is 0 Å². The smallest absolute Gasteiger partial charge is 0.179 e. The minimum atomic E-state index is 0.501. The number of nitrogens with two attached hydrogens (primary N) is 1. The summed E-state index contributed by atoms with van der Waals surface area (Å²) in [6.07, 6.45) is 1.65. The number of hydrogen-bond acceptors (Lipinski definition) is 4. The third-order valence-electron chi connectivity index (χ3n) is 2.39. The lowest BCUT2D eigenvalue weighted by atomic mass is 10.1. The molecule has 0 aliphatic carbocycles. The van der Waals surface area contributed by atoms with Crippen molar-refractivity contribution in [3.05, 3.63) is 42.6 Å². The van der Waals surface area contributed by atoms with E-state index in [2.05, 4.69) is 15.3 Å². The molecule has 0 unspecified atom stereocenters. The number of hydrogen-bond donors (Lipinski definition) is 1. The fourth-order valence-electron chi connectivity index (χ4n) is 1.61. The van der Waals surface area contributed by atoms with Gasteiger partial charge >= 0.3 is 0 Å².